The number of nitro groups is 1. The minimum atomic E-state index is -0.390. The van der Waals surface area contributed by atoms with Crippen LogP contribution < -0.4 is 5.32 Å². The highest BCUT2D eigenvalue weighted by Gasteiger charge is 2.22. The second-order valence-corrected chi connectivity index (χ2v) is 4.78. The summed E-state index contributed by atoms with van der Waals surface area (Å²) in [6, 6.07) is 6.65. The SMILES string of the molecule is O=[N+]([O-])c1ccc(CCC2CNCCC2O)cc1. The molecule has 1 fully saturated rings. The molecule has 0 radical (unpaired) electrons. The molecule has 1 aliphatic rings. The zero-order valence-electron chi connectivity index (χ0n) is 10.2. The van der Waals surface area contributed by atoms with Gasteiger partial charge in [0.05, 0.1) is 11.0 Å². The predicted octanol–water partition coefficient (Wildman–Crippen LogP) is 1.50. The van der Waals surface area contributed by atoms with Gasteiger partial charge in [0.2, 0.25) is 0 Å². The van der Waals surface area contributed by atoms with Crippen LogP contribution in [0.3, 0.4) is 0 Å². The Hall–Kier alpha value is -1.46. The van der Waals surface area contributed by atoms with Crippen molar-refractivity contribution in [3.05, 3.63) is 39.9 Å². The number of rotatable bonds is 4. The quantitative estimate of drug-likeness (QED) is 0.627. The van der Waals surface area contributed by atoms with Crippen molar-refractivity contribution in [1.29, 1.82) is 0 Å². The van der Waals surface area contributed by atoms with Crippen LogP contribution in [0.4, 0.5) is 5.69 Å². The molecule has 2 rings (SSSR count). The summed E-state index contributed by atoms with van der Waals surface area (Å²) in [7, 11) is 0. The second-order valence-electron chi connectivity index (χ2n) is 4.78. The molecule has 2 N–H and O–H groups in total. The van der Waals surface area contributed by atoms with E-state index in [1.807, 2.05) is 0 Å². The van der Waals surface area contributed by atoms with Crippen LogP contribution >= 0.6 is 0 Å². The molecule has 1 saturated heterocycles. The third kappa shape index (κ3) is 3.27. The van der Waals surface area contributed by atoms with Crippen LogP contribution in [0.15, 0.2) is 24.3 Å². The molecule has 1 aliphatic heterocycles. The fourth-order valence-electron chi connectivity index (χ4n) is 2.34. The van der Waals surface area contributed by atoms with Gasteiger partial charge in [0.15, 0.2) is 0 Å². The van der Waals surface area contributed by atoms with Crippen molar-refractivity contribution >= 4 is 5.69 Å². The van der Waals surface area contributed by atoms with E-state index in [0.29, 0.717) is 0 Å². The molecule has 0 spiro atoms. The van der Waals surface area contributed by atoms with E-state index in [-0.39, 0.29) is 17.7 Å². The first-order valence-corrected chi connectivity index (χ1v) is 6.29. The molecule has 2 atom stereocenters. The van der Waals surface area contributed by atoms with Gasteiger partial charge in [0.25, 0.3) is 5.69 Å². The minimum absolute atomic E-state index is 0.123. The summed E-state index contributed by atoms with van der Waals surface area (Å²) in [6.07, 6.45) is 2.35. The molecule has 0 aliphatic carbocycles. The van der Waals surface area contributed by atoms with Crippen LogP contribution in [0.2, 0.25) is 0 Å². The van der Waals surface area contributed by atoms with Gasteiger partial charge in [0.1, 0.15) is 0 Å². The molecule has 5 heteroatoms. The highest BCUT2D eigenvalue weighted by Crippen LogP contribution is 2.19. The average Bonchev–Trinajstić information content (AvgIpc) is 2.38. The molecule has 18 heavy (non-hydrogen) atoms. The summed E-state index contributed by atoms with van der Waals surface area (Å²) in [5.41, 5.74) is 1.21. The monoisotopic (exact) mass is 250 g/mol. The lowest BCUT2D eigenvalue weighted by Gasteiger charge is -2.28. The fourth-order valence-corrected chi connectivity index (χ4v) is 2.34. The average molecular weight is 250 g/mol. The van der Waals surface area contributed by atoms with E-state index in [4.69, 9.17) is 0 Å². The van der Waals surface area contributed by atoms with Gasteiger partial charge < -0.3 is 10.4 Å². The Balaban J connectivity index is 1.87. The van der Waals surface area contributed by atoms with Gasteiger partial charge in [0, 0.05) is 18.7 Å². The molecule has 1 heterocycles. The smallest absolute Gasteiger partial charge is 0.269 e. The predicted molar refractivity (Wildman–Crippen MR) is 68.4 cm³/mol. The molecule has 1 aromatic rings. The van der Waals surface area contributed by atoms with Crippen LogP contribution in [-0.4, -0.2) is 29.2 Å². The van der Waals surface area contributed by atoms with E-state index in [1.54, 1.807) is 12.1 Å². The first kappa shape index (κ1) is 13.0. The van der Waals surface area contributed by atoms with Crippen LogP contribution in [-0.2, 0) is 6.42 Å². The first-order valence-electron chi connectivity index (χ1n) is 6.29. The maximum Gasteiger partial charge on any atom is 0.269 e. The number of aliphatic hydroxyl groups is 1. The van der Waals surface area contributed by atoms with Crippen molar-refractivity contribution in [3.63, 3.8) is 0 Å². The van der Waals surface area contributed by atoms with E-state index >= 15 is 0 Å². The molecule has 5 nitrogen and oxygen atoms in total. The van der Waals surface area contributed by atoms with E-state index in [2.05, 4.69) is 5.32 Å². The molecule has 0 aromatic heterocycles. The summed E-state index contributed by atoms with van der Waals surface area (Å²) in [6.45, 7) is 1.74. The number of non-ortho nitro benzene ring substituents is 1. The maximum absolute atomic E-state index is 10.5. The van der Waals surface area contributed by atoms with Crippen LogP contribution in [0, 0.1) is 16.0 Å². The van der Waals surface area contributed by atoms with Gasteiger partial charge >= 0.3 is 0 Å². The Morgan fingerprint density at radius 1 is 1.39 bits per heavy atom. The number of nitrogens with one attached hydrogen (secondary N) is 1. The number of benzene rings is 1. The number of nitro benzene ring substituents is 1. The van der Waals surface area contributed by atoms with Crippen molar-refractivity contribution in [2.45, 2.75) is 25.4 Å². The zero-order valence-corrected chi connectivity index (χ0v) is 10.2. The normalized spacial score (nSPS) is 23.8. The maximum atomic E-state index is 10.5. The number of hydrogen-bond acceptors (Lipinski definition) is 4. The molecule has 98 valence electrons. The number of nitrogens with zero attached hydrogens (tertiary/aromatic N) is 1. The lowest BCUT2D eigenvalue weighted by Crippen LogP contribution is -2.40. The number of aliphatic hydroxyl groups excluding tert-OH is 1. The van der Waals surface area contributed by atoms with Crippen molar-refractivity contribution in [1.82, 2.24) is 5.32 Å². The fraction of sp³-hybridized carbons (Fsp3) is 0.538. The summed E-state index contributed by atoms with van der Waals surface area (Å²) in [5, 5.41) is 23.6. The molecule has 0 amide bonds. The topological polar surface area (TPSA) is 75.4 Å². The van der Waals surface area contributed by atoms with Gasteiger partial charge in [-0.2, -0.15) is 0 Å². The lowest BCUT2D eigenvalue weighted by molar-refractivity contribution is -0.384. The first-order chi connectivity index (χ1) is 8.66. The van der Waals surface area contributed by atoms with Crippen LogP contribution in [0.1, 0.15) is 18.4 Å². The summed E-state index contributed by atoms with van der Waals surface area (Å²) >= 11 is 0. The summed E-state index contributed by atoms with van der Waals surface area (Å²) < 4.78 is 0. The molecule has 0 bridgehead atoms. The molecule has 0 saturated carbocycles. The third-order valence-corrected chi connectivity index (χ3v) is 3.52. The molecular formula is C13H18N2O3. The van der Waals surface area contributed by atoms with Gasteiger partial charge in [-0.25, -0.2) is 0 Å². The van der Waals surface area contributed by atoms with Crippen molar-refractivity contribution in [3.8, 4) is 0 Å². The standard InChI is InChI=1S/C13H18N2O3/c16-13-7-8-14-9-11(13)4-1-10-2-5-12(6-3-10)15(17)18/h2-3,5-6,11,13-14,16H,1,4,7-9H2. The zero-order chi connectivity index (χ0) is 13.0. The van der Waals surface area contributed by atoms with Crippen molar-refractivity contribution in [2.24, 2.45) is 5.92 Å². The van der Waals surface area contributed by atoms with Crippen molar-refractivity contribution < 1.29 is 10.0 Å². The summed E-state index contributed by atoms with van der Waals surface area (Å²) in [4.78, 5) is 10.1. The Morgan fingerprint density at radius 3 is 2.72 bits per heavy atom. The van der Waals surface area contributed by atoms with Gasteiger partial charge in [-0.05, 0) is 37.3 Å². The van der Waals surface area contributed by atoms with E-state index in [9.17, 15) is 15.2 Å². The van der Waals surface area contributed by atoms with Crippen LogP contribution in [0.25, 0.3) is 0 Å². The highest BCUT2D eigenvalue weighted by atomic mass is 16.6. The molecule has 1 aromatic carbocycles. The minimum Gasteiger partial charge on any atom is -0.393 e. The Labute approximate surface area is 106 Å². The van der Waals surface area contributed by atoms with E-state index in [0.717, 1.165) is 37.9 Å². The Bertz CT molecular complexity index is 405. The van der Waals surface area contributed by atoms with E-state index < -0.39 is 4.92 Å². The van der Waals surface area contributed by atoms with Gasteiger partial charge in [-0.3, -0.25) is 10.1 Å². The largest absolute Gasteiger partial charge is 0.393 e. The van der Waals surface area contributed by atoms with Gasteiger partial charge in [-0.1, -0.05) is 12.1 Å². The van der Waals surface area contributed by atoms with Crippen molar-refractivity contribution in [2.75, 3.05) is 13.1 Å². The summed E-state index contributed by atoms with van der Waals surface area (Å²) in [5.74, 6) is 0.286. The molecule has 2 unspecified atom stereocenters. The van der Waals surface area contributed by atoms with E-state index in [1.165, 1.54) is 12.1 Å². The third-order valence-electron chi connectivity index (χ3n) is 3.52. The second kappa shape index (κ2) is 5.93. The number of hydrogen-bond donors (Lipinski definition) is 2. The number of aryl methyl sites for hydroxylation is 1. The van der Waals surface area contributed by atoms with Crippen LogP contribution in [0.5, 0.6) is 0 Å². The Kier molecular flexibility index (Phi) is 4.28. The van der Waals surface area contributed by atoms with Gasteiger partial charge in [-0.15, -0.1) is 0 Å². The highest BCUT2D eigenvalue weighted by molar-refractivity contribution is 5.32. The molecular weight excluding hydrogens is 232 g/mol. The lowest BCUT2D eigenvalue weighted by atomic mass is 9.90. The Morgan fingerprint density at radius 2 is 2.11 bits per heavy atom. The number of piperidine rings is 1.